The van der Waals surface area contributed by atoms with E-state index in [-0.39, 0.29) is 12.2 Å². The summed E-state index contributed by atoms with van der Waals surface area (Å²) in [6.45, 7) is 0. The first-order valence-electron chi connectivity index (χ1n) is 5.19. The molecular formula is C12H15FO5. The van der Waals surface area contributed by atoms with Gasteiger partial charge in [0, 0.05) is 12.0 Å². The van der Waals surface area contributed by atoms with Crippen molar-refractivity contribution < 1.29 is 28.5 Å². The molecule has 5 nitrogen and oxygen atoms in total. The normalized spacial score (nSPS) is 11.8. The van der Waals surface area contributed by atoms with E-state index in [1.807, 2.05) is 0 Å². The fraction of sp³-hybridized carbons (Fsp3) is 0.417. The average Bonchev–Trinajstić information content (AvgIpc) is 2.37. The Morgan fingerprint density at radius 2 is 1.83 bits per heavy atom. The van der Waals surface area contributed by atoms with Crippen LogP contribution in [0, 0.1) is 0 Å². The third-order valence-electron chi connectivity index (χ3n) is 2.45. The van der Waals surface area contributed by atoms with Crippen molar-refractivity contribution in [3.05, 3.63) is 17.7 Å². The van der Waals surface area contributed by atoms with Gasteiger partial charge in [0.2, 0.25) is 11.9 Å². The highest BCUT2D eigenvalue weighted by Gasteiger charge is 2.22. The maximum absolute atomic E-state index is 13.2. The molecule has 0 fully saturated rings. The summed E-state index contributed by atoms with van der Waals surface area (Å²) >= 11 is 0. The summed E-state index contributed by atoms with van der Waals surface area (Å²) in [5.41, 5.74) is 0.407. The van der Waals surface area contributed by atoms with Crippen molar-refractivity contribution in [2.24, 2.45) is 0 Å². The summed E-state index contributed by atoms with van der Waals surface area (Å²) < 4.78 is 28.5. The van der Waals surface area contributed by atoms with Gasteiger partial charge in [0.1, 0.15) is 0 Å². The molecule has 1 aromatic carbocycles. The van der Waals surface area contributed by atoms with Crippen LogP contribution in [0.3, 0.4) is 0 Å². The van der Waals surface area contributed by atoms with E-state index >= 15 is 0 Å². The van der Waals surface area contributed by atoms with Crippen LogP contribution in [0.25, 0.3) is 0 Å². The number of hydrogen-bond acceptors (Lipinski definition) is 4. The number of carboxylic acid groups (broad SMARTS) is 1. The van der Waals surface area contributed by atoms with Gasteiger partial charge in [0.05, 0.1) is 21.3 Å². The number of hydrogen-bond donors (Lipinski definition) is 1. The number of carboxylic acids is 1. The zero-order chi connectivity index (χ0) is 13.7. The Morgan fingerprint density at radius 1 is 1.22 bits per heavy atom. The Labute approximate surface area is 104 Å². The van der Waals surface area contributed by atoms with Crippen LogP contribution in [0.15, 0.2) is 12.1 Å². The standard InChI is InChI=1S/C12H15FO5/c1-16-9-5-4-7(6-8(13)12(14)15)10(17-2)11(9)18-3/h4-5,8H,6H2,1-3H3,(H,14,15). The largest absolute Gasteiger partial charge is 0.493 e. The van der Waals surface area contributed by atoms with Crippen LogP contribution in [0.4, 0.5) is 4.39 Å². The molecule has 18 heavy (non-hydrogen) atoms. The molecule has 6 heteroatoms. The molecule has 0 bridgehead atoms. The number of benzene rings is 1. The second-order valence-corrected chi connectivity index (χ2v) is 3.50. The minimum Gasteiger partial charge on any atom is -0.493 e. The first kappa shape index (κ1) is 14.1. The highest BCUT2D eigenvalue weighted by Crippen LogP contribution is 2.40. The number of carbonyl (C=O) groups is 1. The van der Waals surface area contributed by atoms with Gasteiger partial charge >= 0.3 is 5.97 Å². The predicted octanol–water partition coefficient (Wildman–Crippen LogP) is 1.68. The summed E-state index contributed by atoms with van der Waals surface area (Å²) in [6, 6.07) is 3.13. The van der Waals surface area contributed by atoms with Crippen LogP contribution in [-0.4, -0.2) is 38.6 Å². The molecule has 1 atom stereocenters. The highest BCUT2D eigenvalue weighted by molar-refractivity contribution is 5.73. The third-order valence-corrected chi connectivity index (χ3v) is 2.45. The highest BCUT2D eigenvalue weighted by atomic mass is 19.1. The van der Waals surface area contributed by atoms with Gasteiger partial charge < -0.3 is 19.3 Å². The van der Waals surface area contributed by atoms with Gasteiger partial charge in [0.25, 0.3) is 0 Å². The molecule has 1 N–H and O–H groups in total. The smallest absolute Gasteiger partial charge is 0.338 e. The van der Waals surface area contributed by atoms with Crippen molar-refractivity contribution in [3.63, 3.8) is 0 Å². The Bertz CT molecular complexity index is 433. The molecule has 0 aliphatic carbocycles. The van der Waals surface area contributed by atoms with Crippen LogP contribution < -0.4 is 14.2 Å². The number of ether oxygens (including phenoxy) is 3. The average molecular weight is 258 g/mol. The number of rotatable bonds is 6. The summed E-state index contributed by atoms with van der Waals surface area (Å²) in [5, 5.41) is 8.56. The minimum atomic E-state index is -1.99. The van der Waals surface area contributed by atoms with Crippen molar-refractivity contribution in [1.29, 1.82) is 0 Å². The fourth-order valence-electron chi connectivity index (χ4n) is 1.60. The molecule has 0 aliphatic heterocycles. The zero-order valence-electron chi connectivity index (χ0n) is 10.4. The van der Waals surface area contributed by atoms with E-state index in [1.54, 1.807) is 12.1 Å². The van der Waals surface area contributed by atoms with Crippen molar-refractivity contribution in [1.82, 2.24) is 0 Å². The van der Waals surface area contributed by atoms with Crippen LogP contribution in [0.5, 0.6) is 17.2 Å². The third kappa shape index (κ3) is 2.82. The van der Waals surface area contributed by atoms with Gasteiger partial charge in [-0.25, -0.2) is 9.18 Å². The van der Waals surface area contributed by atoms with Gasteiger partial charge in [-0.05, 0) is 6.07 Å². The van der Waals surface area contributed by atoms with Crippen LogP contribution >= 0.6 is 0 Å². The molecule has 1 rings (SSSR count). The fourth-order valence-corrected chi connectivity index (χ4v) is 1.60. The molecular weight excluding hydrogens is 243 g/mol. The van der Waals surface area contributed by atoms with E-state index in [4.69, 9.17) is 19.3 Å². The SMILES string of the molecule is COc1ccc(CC(F)C(=O)O)c(OC)c1OC. The summed E-state index contributed by atoms with van der Waals surface area (Å²) in [5.74, 6) is -0.480. The molecule has 0 aliphatic rings. The molecule has 0 spiro atoms. The lowest BCUT2D eigenvalue weighted by atomic mass is 10.1. The maximum atomic E-state index is 13.2. The lowest BCUT2D eigenvalue weighted by Gasteiger charge is -2.16. The zero-order valence-corrected chi connectivity index (χ0v) is 10.4. The monoisotopic (exact) mass is 258 g/mol. The van der Waals surface area contributed by atoms with E-state index in [1.165, 1.54) is 21.3 Å². The molecule has 1 aromatic rings. The quantitative estimate of drug-likeness (QED) is 0.841. The van der Waals surface area contributed by atoms with Gasteiger partial charge in [-0.3, -0.25) is 0 Å². The van der Waals surface area contributed by atoms with Crippen molar-refractivity contribution in [3.8, 4) is 17.2 Å². The van der Waals surface area contributed by atoms with E-state index in [2.05, 4.69) is 0 Å². The molecule has 100 valence electrons. The number of aliphatic carboxylic acids is 1. The first-order chi connectivity index (χ1) is 8.54. The molecule has 0 radical (unpaired) electrons. The number of halogens is 1. The Hall–Kier alpha value is -1.98. The van der Waals surface area contributed by atoms with Crippen molar-refractivity contribution in [2.45, 2.75) is 12.6 Å². The molecule has 0 saturated carbocycles. The van der Waals surface area contributed by atoms with Gasteiger partial charge in [0.15, 0.2) is 11.5 Å². The first-order valence-corrected chi connectivity index (χ1v) is 5.19. The van der Waals surface area contributed by atoms with E-state index in [0.717, 1.165) is 0 Å². The van der Waals surface area contributed by atoms with Crippen LogP contribution in [0.1, 0.15) is 5.56 Å². The Balaban J connectivity index is 3.16. The molecule has 0 amide bonds. The molecule has 1 unspecified atom stereocenters. The molecule has 0 saturated heterocycles. The van der Waals surface area contributed by atoms with Crippen molar-refractivity contribution in [2.75, 3.05) is 21.3 Å². The topological polar surface area (TPSA) is 65.0 Å². The molecule has 0 aromatic heterocycles. The Kier molecular flexibility index (Phi) is 4.76. The maximum Gasteiger partial charge on any atom is 0.338 e. The van der Waals surface area contributed by atoms with Crippen LogP contribution in [-0.2, 0) is 11.2 Å². The van der Waals surface area contributed by atoms with E-state index in [0.29, 0.717) is 17.1 Å². The molecule has 0 heterocycles. The van der Waals surface area contributed by atoms with Gasteiger partial charge in [-0.1, -0.05) is 6.07 Å². The van der Waals surface area contributed by atoms with E-state index < -0.39 is 12.1 Å². The summed E-state index contributed by atoms with van der Waals surface area (Å²) in [7, 11) is 4.29. The van der Waals surface area contributed by atoms with Crippen molar-refractivity contribution >= 4 is 5.97 Å². The summed E-state index contributed by atoms with van der Waals surface area (Å²) in [6.07, 6.45) is -2.28. The van der Waals surface area contributed by atoms with Gasteiger partial charge in [-0.2, -0.15) is 0 Å². The minimum absolute atomic E-state index is 0.278. The predicted molar refractivity (Wildman–Crippen MR) is 62.3 cm³/mol. The van der Waals surface area contributed by atoms with Crippen LogP contribution in [0.2, 0.25) is 0 Å². The van der Waals surface area contributed by atoms with E-state index in [9.17, 15) is 9.18 Å². The summed E-state index contributed by atoms with van der Waals surface area (Å²) in [4.78, 5) is 10.5. The lowest BCUT2D eigenvalue weighted by molar-refractivity contribution is -0.142. The Morgan fingerprint density at radius 3 is 2.28 bits per heavy atom. The second kappa shape index (κ2) is 6.09. The van der Waals surface area contributed by atoms with Gasteiger partial charge in [-0.15, -0.1) is 0 Å². The number of alkyl halides is 1. The second-order valence-electron chi connectivity index (χ2n) is 3.50. The number of methoxy groups -OCH3 is 3. The lowest BCUT2D eigenvalue weighted by Crippen LogP contribution is -2.17.